The highest BCUT2D eigenvalue weighted by molar-refractivity contribution is 5.35. The molecule has 0 unspecified atom stereocenters. The molecule has 0 aliphatic heterocycles. The van der Waals surface area contributed by atoms with Crippen molar-refractivity contribution < 1.29 is 13.5 Å². The largest absolute Gasteiger partial charge is 0.451 e. The maximum Gasteiger partial charge on any atom is 0.166 e. The first-order valence-electron chi connectivity index (χ1n) is 5.56. The van der Waals surface area contributed by atoms with Crippen molar-refractivity contribution in [3.63, 3.8) is 0 Å². The van der Waals surface area contributed by atoms with Crippen LogP contribution in [-0.4, -0.2) is 7.05 Å². The van der Waals surface area contributed by atoms with Gasteiger partial charge in [-0.15, -0.1) is 0 Å². The molecule has 1 N–H and O–H groups in total. The SMILES string of the molecule is CNCc1ccc(Oc2ccccc2F)c(F)c1. The van der Waals surface area contributed by atoms with Crippen LogP contribution in [0.2, 0.25) is 0 Å². The van der Waals surface area contributed by atoms with Crippen molar-refractivity contribution in [3.05, 3.63) is 59.7 Å². The van der Waals surface area contributed by atoms with Gasteiger partial charge in [0, 0.05) is 6.54 Å². The number of nitrogens with one attached hydrogen (secondary N) is 1. The predicted molar refractivity (Wildman–Crippen MR) is 65.6 cm³/mol. The Bertz CT molecular complexity index is 543. The Morgan fingerprint density at radius 3 is 2.39 bits per heavy atom. The molecule has 0 aromatic heterocycles. The molecule has 2 aromatic rings. The first-order valence-corrected chi connectivity index (χ1v) is 5.56. The molecular weight excluding hydrogens is 236 g/mol. The number of hydrogen-bond donors (Lipinski definition) is 1. The molecule has 0 heterocycles. The van der Waals surface area contributed by atoms with Gasteiger partial charge in [-0.05, 0) is 36.9 Å². The molecule has 0 aliphatic rings. The first-order chi connectivity index (χ1) is 8.70. The molecular formula is C14H13F2NO. The summed E-state index contributed by atoms with van der Waals surface area (Å²) < 4.78 is 32.3. The third kappa shape index (κ3) is 2.84. The Labute approximate surface area is 104 Å². The van der Waals surface area contributed by atoms with Gasteiger partial charge < -0.3 is 10.1 Å². The summed E-state index contributed by atoms with van der Waals surface area (Å²) in [6.45, 7) is 0.566. The zero-order valence-corrected chi connectivity index (χ0v) is 9.91. The molecule has 0 saturated carbocycles. The molecule has 0 fully saturated rings. The zero-order valence-electron chi connectivity index (χ0n) is 9.91. The lowest BCUT2D eigenvalue weighted by Gasteiger charge is -2.08. The van der Waals surface area contributed by atoms with E-state index in [2.05, 4.69) is 5.32 Å². The van der Waals surface area contributed by atoms with Crippen molar-refractivity contribution in [1.29, 1.82) is 0 Å². The van der Waals surface area contributed by atoms with E-state index in [4.69, 9.17) is 4.74 Å². The van der Waals surface area contributed by atoms with E-state index in [1.807, 2.05) is 0 Å². The average molecular weight is 249 g/mol. The standard InChI is InChI=1S/C14H13F2NO/c1-17-9-10-6-7-14(12(16)8-10)18-13-5-3-2-4-11(13)15/h2-8,17H,9H2,1H3. The summed E-state index contributed by atoms with van der Waals surface area (Å²) in [5, 5.41) is 2.92. The first kappa shape index (κ1) is 12.5. The Balaban J connectivity index is 2.22. The third-order valence-corrected chi connectivity index (χ3v) is 2.43. The minimum Gasteiger partial charge on any atom is -0.451 e. The topological polar surface area (TPSA) is 21.3 Å². The molecule has 18 heavy (non-hydrogen) atoms. The molecule has 2 rings (SSSR count). The van der Waals surface area contributed by atoms with Crippen LogP contribution in [0.25, 0.3) is 0 Å². The molecule has 0 saturated heterocycles. The second-order valence-corrected chi connectivity index (χ2v) is 3.83. The minimum atomic E-state index is -0.517. The van der Waals surface area contributed by atoms with Crippen LogP contribution in [0.1, 0.15) is 5.56 Å². The Morgan fingerprint density at radius 2 is 1.72 bits per heavy atom. The van der Waals surface area contributed by atoms with E-state index in [-0.39, 0.29) is 11.5 Å². The van der Waals surface area contributed by atoms with E-state index in [0.717, 1.165) is 5.56 Å². The van der Waals surface area contributed by atoms with Gasteiger partial charge in [-0.1, -0.05) is 18.2 Å². The van der Waals surface area contributed by atoms with Crippen LogP contribution in [0.15, 0.2) is 42.5 Å². The maximum atomic E-state index is 13.7. The summed E-state index contributed by atoms with van der Waals surface area (Å²) in [4.78, 5) is 0. The van der Waals surface area contributed by atoms with Gasteiger partial charge in [0.2, 0.25) is 0 Å². The third-order valence-electron chi connectivity index (χ3n) is 2.43. The van der Waals surface area contributed by atoms with Gasteiger partial charge in [-0.25, -0.2) is 8.78 Å². The summed E-state index contributed by atoms with van der Waals surface area (Å²) in [5.41, 5.74) is 0.802. The molecule has 2 aromatic carbocycles. The van der Waals surface area contributed by atoms with E-state index < -0.39 is 11.6 Å². The highest BCUT2D eigenvalue weighted by Crippen LogP contribution is 2.26. The smallest absolute Gasteiger partial charge is 0.166 e. The summed E-state index contributed by atoms with van der Waals surface area (Å²) in [5.74, 6) is -1.00. The van der Waals surface area contributed by atoms with Crippen LogP contribution in [-0.2, 0) is 6.54 Å². The van der Waals surface area contributed by atoms with E-state index in [0.29, 0.717) is 6.54 Å². The number of benzene rings is 2. The Morgan fingerprint density at radius 1 is 1.00 bits per heavy atom. The second-order valence-electron chi connectivity index (χ2n) is 3.83. The number of ether oxygens (including phenoxy) is 1. The van der Waals surface area contributed by atoms with Gasteiger partial charge >= 0.3 is 0 Å². The van der Waals surface area contributed by atoms with E-state index in [9.17, 15) is 8.78 Å². The molecule has 0 spiro atoms. The fraction of sp³-hybridized carbons (Fsp3) is 0.143. The summed E-state index contributed by atoms with van der Waals surface area (Å²) in [7, 11) is 1.78. The lowest BCUT2D eigenvalue weighted by Crippen LogP contribution is -2.05. The van der Waals surface area contributed by atoms with Crippen LogP contribution in [0.3, 0.4) is 0 Å². The monoisotopic (exact) mass is 249 g/mol. The van der Waals surface area contributed by atoms with Crippen LogP contribution in [0, 0.1) is 11.6 Å². The van der Waals surface area contributed by atoms with Crippen molar-refractivity contribution in [3.8, 4) is 11.5 Å². The summed E-state index contributed by atoms with van der Waals surface area (Å²) >= 11 is 0. The van der Waals surface area contributed by atoms with Gasteiger partial charge in [-0.2, -0.15) is 0 Å². The molecule has 0 bridgehead atoms. The quantitative estimate of drug-likeness (QED) is 0.895. The molecule has 94 valence electrons. The van der Waals surface area contributed by atoms with Gasteiger partial charge in [0.1, 0.15) is 0 Å². The highest BCUT2D eigenvalue weighted by atomic mass is 19.1. The Hall–Kier alpha value is -1.94. The van der Waals surface area contributed by atoms with E-state index in [1.54, 1.807) is 25.2 Å². The molecule has 0 aliphatic carbocycles. The van der Waals surface area contributed by atoms with Gasteiger partial charge in [0.05, 0.1) is 0 Å². The summed E-state index contributed by atoms with van der Waals surface area (Å²) in [6, 6.07) is 10.5. The normalized spacial score (nSPS) is 10.4. The van der Waals surface area contributed by atoms with Crippen molar-refractivity contribution in [2.75, 3.05) is 7.05 Å². The van der Waals surface area contributed by atoms with Gasteiger partial charge in [-0.3, -0.25) is 0 Å². The molecule has 0 radical (unpaired) electrons. The van der Waals surface area contributed by atoms with Crippen molar-refractivity contribution >= 4 is 0 Å². The zero-order chi connectivity index (χ0) is 13.0. The second kappa shape index (κ2) is 5.60. The van der Waals surface area contributed by atoms with Crippen molar-refractivity contribution in [2.45, 2.75) is 6.54 Å². The van der Waals surface area contributed by atoms with Crippen LogP contribution in [0.5, 0.6) is 11.5 Å². The average Bonchev–Trinajstić information content (AvgIpc) is 2.35. The number of hydrogen-bond acceptors (Lipinski definition) is 2. The molecule has 0 atom stereocenters. The highest BCUT2D eigenvalue weighted by Gasteiger charge is 2.08. The lowest BCUT2D eigenvalue weighted by molar-refractivity contribution is 0.414. The number of para-hydroxylation sites is 1. The number of rotatable bonds is 4. The van der Waals surface area contributed by atoms with E-state index in [1.165, 1.54) is 24.3 Å². The summed E-state index contributed by atoms with van der Waals surface area (Å²) in [6.07, 6.45) is 0. The fourth-order valence-corrected chi connectivity index (χ4v) is 1.59. The minimum absolute atomic E-state index is 0.0118. The van der Waals surface area contributed by atoms with Crippen LogP contribution < -0.4 is 10.1 Å². The van der Waals surface area contributed by atoms with Crippen molar-refractivity contribution in [1.82, 2.24) is 5.32 Å². The fourth-order valence-electron chi connectivity index (χ4n) is 1.59. The molecule has 0 amide bonds. The molecule has 2 nitrogen and oxygen atoms in total. The predicted octanol–water partition coefficient (Wildman–Crippen LogP) is 3.48. The van der Waals surface area contributed by atoms with Gasteiger partial charge in [0.15, 0.2) is 23.1 Å². The maximum absolute atomic E-state index is 13.7. The van der Waals surface area contributed by atoms with E-state index >= 15 is 0 Å². The number of halogens is 2. The lowest BCUT2D eigenvalue weighted by atomic mass is 10.2. The van der Waals surface area contributed by atoms with Gasteiger partial charge in [0.25, 0.3) is 0 Å². The Kier molecular flexibility index (Phi) is 3.89. The van der Waals surface area contributed by atoms with Crippen molar-refractivity contribution in [2.24, 2.45) is 0 Å². The van der Waals surface area contributed by atoms with Crippen LogP contribution >= 0.6 is 0 Å². The molecule has 4 heteroatoms. The van der Waals surface area contributed by atoms with Crippen LogP contribution in [0.4, 0.5) is 8.78 Å².